The van der Waals surface area contributed by atoms with Gasteiger partial charge >= 0.3 is 0 Å². The van der Waals surface area contributed by atoms with Gasteiger partial charge in [0.25, 0.3) is 0 Å². The van der Waals surface area contributed by atoms with Crippen LogP contribution in [0.15, 0.2) is 0 Å². The number of nitrogens with one attached hydrogen (secondary N) is 1. The third-order valence-electron chi connectivity index (χ3n) is 4.49. The molecule has 0 aliphatic heterocycles. The van der Waals surface area contributed by atoms with Crippen LogP contribution in [0.25, 0.3) is 0 Å². The van der Waals surface area contributed by atoms with Gasteiger partial charge in [0, 0.05) is 6.04 Å². The summed E-state index contributed by atoms with van der Waals surface area (Å²) in [5.74, 6) is 1.02. The molecule has 1 N–H and O–H groups in total. The molecule has 2 atom stereocenters. The third-order valence-corrected chi connectivity index (χ3v) is 4.49. The van der Waals surface area contributed by atoms with Crippen molar-refractivity contribution >= 4 is 0 Å². The first-order chi connectivity index (χ1) is 8.86. The second kappa shape index (κ2) is 10.8. The van der Waals surface area contributed by atoms with E-state index in [1.807, 2.05) is 0 Å². The van der Waals surface area contributed by atoms with Gasteiger partial charge in [-0.3, -0.25) is 0 Å². The van der Waals surface area contributed by atoms with Crippen LogP contribution in [0.2, 0.25) is 0 Å². The predicted octanol–water partition coefficient (Wildman–Crippen LogP) is 5.30. The lowest BCUT2D eigenvalue weighted by molar-refractivity contribution is 0.360. The Morgan fingerprint density at radius 3 is 2.39 bits per heavy atom. The number of rotatable bonds is 9. The molecule has 0 aromatic rings. The summed E-state index contributed by atoms with van der Waals surface area (Å²) in [7, 11) is 0. The molecule has 0 aromatic carbocycles. The molecule has 1 fully saturated rings. The van der Waals surface area contributed by atoms with Crippen LogP contribution in [0.3, 0.4) is 0 Å². The van der Waals surface area contributed by atoms with Gasteiger partial charge in [-0.25, -0.2) is 0 Å². The highest BCUT2D eigenvalue weighted by Crippen LogP contribution is 2.27. The third kappa shape index (κ3) is 7.41. The summed E-state index contributed by atoms with van der Waals surface area (Å²) in [6, 6.07) is 0.822. The standard InChI is InChI=1S/C17H35N/c1-3-5-6-7-8-9-12-16-13-10-11-14-17(15-16)18-4-2/h16-18H,3-15H2,1-2H3. The van der Waals surface area contributed by atoms with E-state index in [9.17, 15) is 0 Å². The molecule has 0 saturated heterocycles. The van der Waals surface area contributed by atoms with Crippen molar-refractivity contribution in [1.29, 1.82) is 0 Å². The molecule has 0 bridgehead atoms. The Kier molecular flexibility index (Phi) is 9.65. The van der Waals surface area contributed by atoms with E-state index in [0.29, 0.717) is 0 Å². The molecule has 1 saturated carbocycles. The van der Waals surface area contributed by atoms with Crippen LogP contribution >= 0.6 is 0 Å². The van der Waals surface area contributed by atoms with E-state index in [4.69, 9.17) is 0 Å². The second-order valence-corrected chi connectivity index (χ2v) is 6.20. The van der Waals surface area contributed by atoms with Gasteiger partial charge in [0.2, 0.25) is 0 Å². The fourth-order valence-electron chi connectivity index (χ4n) is 3.41. The van der Waals surface area contributed by atoms with Crippen LogP contribution in [0.1, 0.15) is 90.9 Å². The molecule has 1 aliphatic rings. The molecule has 0 radical (unpaired) electrons. The quantitative estimate of drug-likeness (QED) is 0.434. The molecular formula is C17H35N. The molecule has 0 aromatic heterocycles. The second-order valence-electron chi connectivity index (χ2n) is 6.20. The zero-order valence-electron chi connectivity index (χ0n) is 12.8. The summed E-state index contributed by atoms with van der Waals surface area (Å²) in [5.41, 5.74) is 0. The van der Waals surface area contributed by atoms with E-state index in [0.717, 1.165) is 18.5 Å². The van der Waals surface area contributed by atoms with Crippen LogP contribution in [0, 0.1) is 5.92 Å². The van der Waals surface area contributed by atoms with E-state index in [1.165, 1.54) is 77.0 Å². The maximum Gasteiger partial charge on any atom is 0.00695 e. The largest absolute Gasteiger partial charge is 0.314 e. The monoisotopic (exact) mass is 253 g/mol. The van der Waals surface area contributed by atoms with Crippen LogP contribution in [0.4, 0.5) is 0 Å². The van der Waals surface area contributed by atoms with Gasteiger partial charge in [-0.05, 0) is 25.3 Å². The molecule has 0 amide bonds. The van der Waals surface area contributed by atoms with E-state index < -0.39 is 0 Å². The molecule has 1 rings (SSSR count). The minimum atomic E-state index is 0.822. The van der Waals surface area contributed by atoms with Gasteiger partial charge in [0.15, 0.2) is 0 Å². The van der Waals surface area contributed by atoms with Crippen LogP contribution < -0.4 is 5.32 Å². The highest BCUT2D eigenvalue weighted by molar-refractivity contribution is 4.75. The highest BCUT2D eigenvalue weighted by Gasteiger charge is 2.18. The zero-order valence-corrected chi connectivity index (χ0v) is 12.8. The normalized spacial score (nSPS) is 25.0. The van der Waals surface area contributed by atoms with E-state index in [1.54, 1.807) is 0 Å². The molecule has 1 aliphatic carbocycles. The number of hydrogen-bond donors (Lipinski definition) is 1. The molecule has 0 spiro atoms. The smallest absolute Gasteiger partial charge is 0.00695 e. The molecule has 1 nitrogen and oxygen atoms in total. The highest BCUT2D eigenvalue weighted by atomic mass is 14.9. The van der Waals surface area contributed by atoms with Crippen molar-refractivity contribution < 1.29 is 0 Å². The number of hydrogen-bond acceptors (Lipinski definition) is 1. The van der Waals surface area contributed by atoms with Gasteiger partial charge in [-0.15, -0.1) is 0 Å². The van der Waals surface area contributed by atoms with Gasteiger partial charge < -0.3 is 5.32 Å². The van der Waals surface area contributed by atoms with Crippen molar-refractivity contribution in [3.8, 4) is 0 Å². The van der Waals surface area contributed by atoms with Crippen LogP contribution in [0.5, 0.6) is 0 Å². The zero-order chi connectivity index (χ0) is 13.1. The average molecular weight is 253 g/mol. The fraction of sp³-hybridized carbons (Fsp3) is 1.00. The minimum Gasteiger partial charge on any atom is -0.314 e. The molecule has 0 heterocycles. The Morgan fingerprint density at radius 1 is 0.889 bits per heavy atom. The SMILES string of the molecule is CCCCCCCCC1CCCCC(NCC)C1. The van der Waals surface area contributed by atoms with Gasteiger partial charge in [-0.2, -0.15) is 0 Å². The first kappa shape index (κ1) is 16.0. The summed E-state index contributed by atoms with van der Waals surface area (Å²) in [4.78, 5) is 0. The first-order valence-corrected chi connectivity index (χ1v) is 8.60. The molecule has 18 heavy (non-hydrogen) atoms. The minimum absolute atomic E-state index is 0.822. The van der Waals surface area contributed by atoms with E-state index in [2.05, 4.69) is 19.2 Å². The number of unbranched alkanes of at least 4 members (excludes halogenated alkanes) is 5. The fourth-order valence-corrected chi connectivity index (χ4v) is 3.41. The average Bonchev–Trinajstić information content (AvgIpc) is 2.59. The lowest BCUT2D eigenvalue weighted by atomic mass is 9.92. The topological polar surface area (TPSA) is 12.0 Å². The Balaban J connectivity index is 2.07. The van der Waals surface area contributed by atoms with Crippen molar-refractivity contribution in [2.45, 2.75) is 96.9 Å². The molecule has 108 valence electrons. The van der Waals surface area contributed by atoms with Crippen molar-refractivity contribution in [1.82, 2.24) is 5.32 Å². The maximum atomic E-state index is 3.67. The van der Waals surface area contributed by atoms with Gasteiger partial charge in [0.1, 0.15) is 0 Å². The summed E-state index contributed by atoms with van der Waals surface area (Å²) in [5, 5.41) is 3.67. The van der Waals surface area contributed by atoms with Crippen LogP contribution in [-0.4, -0.2) is 12.6 Å². The summed E-state index contributed by atoms with van der Waals surface area (Å²) in [6.07, 6.45) is 17.5. The lowest BCUT2D eigenvalue weighted by Gasteiger charge is -2.20. The summed E-state index contributed by atoms with van der Waals surface area (Å²) in [6.45, 7) is 5.69. The van der Waals surface area contributed by atoms with Crippen molar-refractivity contribution in [2.24, 2.45) is 5.92 Å². The van der Waals surface area contributed by atoms with Gasteiger partial charge in [0.05, 0.1) is 0 Å². The summed E-state index contributed by atoms with van der Waals surface area (Å²) < 4.78 is 0. The van der Waals surface area contributed by atoms with Crippen molar-refractivity contribution in [2.75, 3.05) is 6.54 Å². The Bertz CT molecular complexity index is 178. The maximum absolute atomic E-state index is 3.67. The molecular weight excluding hydrogens is 218 g/mol. The van der Waals surface area contributed by atoms with Crippen molar-refractivity contribution in [3.63, 3.8) is 0 Å². The molecule has 2 unspecified atom stereocenters. The van der Waals surface area contributed by atoms with Crippen LogP contribution in [-0.2, 0) is 0 Å². The molecule has 1 heteroatoms. The predicted molar refractivity (Wildman–Crippen MR) is 82.0 cm³/mol. The summed E-state index contributed by atoms with van der Waals surface area (Å²) >= 11 is 0. The first-order valence-electron chi connectivity index (χ1n) is 8.60. The Hall–Kier alpha value is -0.0400. The van der Waals surface area contributed by atoms with E-state index >= 15 is 0 Å². The van der Waals surface area contributed by atoms with Gasteiger partial charge in [-0.1, -0.05) is 78.1 Å². The van der Waals surface area contributed by atoms with E-state index in [-0.39, 0.29) is 0 Å². The Labute approximate surface area is 115 Å². The van der Waals surface area contributed by atoms with Crippen molar-refractivity contribution in [3.05, 3.63) is 0 Å². The Morgan fingerprint density at radius 2 is 1.61 bits per heavy atom. The lowest BCUT2D eigenvalue weighted by Crippen LogP contribution is -2.29.